The van der Waals surface area contributed by atoms with E-state index in [4.69, 9.17) is 0 Å². The molecule has 1 fully saturated rings. The fraction of sp³-hybridized carbons (Fsp3) is 0.900. The average Bonchev–Trinajstić information content (AvgIpc) is 2.79. The van der Waals surface area contributed by atoms with Gasteiger partial charge in [-0.2, -0.15) is 5.21 Å². The first-order valence-electron chi connectivity index (χ1n) is 5.86. The van der Waals surface area contributed by atoms with E-state index in [1.54, 1.807) is 0 Å². The molecular weight excluding hydrogens is 190 g/mol. The van der Waals surface area contributed by atoms with Gasteiger partial charge in [0.25, 0.3) is 0 Å². The van der Waals surface area contributed by atoms with Crippen molar-refractivity contribution in [3.05, 3.63) is 5.82 Å². The molecule has 2 rings (SSSR count). The Hall–Kier alpha value is -0.970. The van der Waals surface area contributed by atoms with Crippen molar-refractivity contribution in [2.75, 3.05) is 0 Å². The van der Waals surface area contributed by atoms with E-state index >= 15 is 0 Å². The Bertz CT molecular complexity index is 271. The zero-order valence-electron chi connectivity index (χ0n) is 9.24. The van der Waals surface area contributed by atoms with Gasteiger partial charge in [-0.05, 0) is 18.8 Å². The number of aromatic nitrogens is 4. The molecule has 15 heavy (non-hydrogen) atoms. The summed E-state index contributed by atoms with van der Waals surface area (Å²) in [5.74, 6) is 1.58. The van der Waals surface area contributed by atoms with Crippen molar-refractivity contribution in [2.45, 2.75) is 51.6 Å². The topological polar surface area (TPSA) is 66.5 Å². The first-order chi connectivity index (χ1) is 7.40. The van der Waals surface area contributed by atoms with Gasteiger partial charge in [-0.25, -0.2) is 0 Å². The minimum atomic E-state index is 0.641. The molecule has 0 bridgehead atoms. The third-order valence-electron chi connectivity index (χ3n) is 3.35. The summed E-state index contributed by atoms with van der Waals surface area (Å²) < 4.78 is 0. The number of hydrogen-bond donors (Lipinski definition) is 2. The van der Waals surface area contributed by atoms with Crippen LogP contribution in [-0.2, 0) is 6.54 Å². The quantitative estimate of drug-likeness (QED) is 0.783. The number of hydrogen-bond acceptors (Lipinski definition) is 4. The van der Waals surface area contributed by atoms with Crippen LogP contribution in [0.2, 0.25) is 0 Å². The van der Waals surface area contributed by atoms with Crippen molar-refractivity contribution in [3.63, 3.8) is 0 Å². The summed E-state index contributed by atoms with van der Waals surface area (Å²) in [5.41, 5.74) is 0. The monoisotopic (exact) mass is 209 g/mol. The molecule has 0 aliphatic heterocycles. The first-order valence-corrected chi connectivity index (χ1v) is 5.86. The minimum Gasteiger partial charge on any atom is -0.307 e. The molecule has 1 aromatic rings. The van der Waals surface area contributed by atoms with Crippen LogP contribution in [0.4, 0.5) is 0 Å². The van der Waals surface area contributed by atoms with Gasteiger partial charge in [0.15, 0.2) is 5.82 Å². The van der Waals surface area contributed by atoms with E-state index in [2.05, 4.69) is 32.9 Å². The van der Waals surface area contributed by atoms with Crippen LogP contribution in [-0.4, -0.2) is 26.7 Å². The number of tetrazole rings is 1. The molecule has 0 radical (unpaired) electrons. The molecule has 1 aromatic heterocycles. The van der Waals surface area contributed by atoms with E-state index in [0.29, 0.717) is 6.04 Å². The Morgan fingerprint density at radius 2 is 2.27 bits per heavy atom. The van der Waals surface area contributed by atoms with Crippen molar-refractivity contribution < 1.29 is 0 Å². The molecule has 1 aliphatic carbocycles. The summed E-state index contributed by atoms with van der Waals surface area (Å²) in [6.07, 6.45) is 6.65. The number of rotatable bonds is 4. The van der Waals surface area contributed by atoms with Gasteiger partial charge >= 0.3 is 0 Å². The third-order valence-corrected chi connectivity index (χ3v) is 3.35. The molecule has 1 heterocycles. The number of H-pyrrole nitrogens is 1. The molecule has 5 nitrogen and oxygen atoms in total. The summed E-state index contributed by atoms with van der Waals surface area (Å²) in [5, 5.41) is 17.4. The lowest BCUT2D eigenvalue weighted by Crippen LogP contribution is -2.38. The zero-order valence-corrected chi connectivity index (χ0v) is 9.24. The van der Waals surface area contributed by atoms with Crippen molar-refractivity contribution in [1.29, 1.82) is 0 Å². The fourth-order valence-corrected chi connectivity index (χ4v) is 2.44. The van der Waals surface area contributed by atoms with Gasteiger partial charge in [0.1, 0.15) is 0 Å². The second-order valence-electron chi connectivity index (χ2n) is 4.27. The summed E-state index contributed by atoms with van der Waals surface area (Å²) in [6, 6.07) is 0.641. The predicted octanol–water partition coefficient (Wildman–Crippen LogP) is 1.26. The van der Waals surface area contributed by atoms with Crippen LogP contribution in [0.3, 0.4) is 0 Å². The van der Waals surface area contributed by atoms with E-state index in [1.807, 2.05) is 0 Å². The van der Waals surface area contributed by atoms with Gasteiger partial charge in [-0.3, -0.25) is 0 Å². The van der Waals surface area contributed by atoms with Gasteiger partial charge in [-0.1, -0.05) is 31.4 Å². The van der Waals surface area contributed by atoms with Gasteiger partial charge in [0, 0.05) is 6.04 Å². The van der Waals surface area contributed by atoms with Gasteiger partial charge in [0.2, 0.25) is 0 Å². The van der Waals surface area contributed by atoms with Crippen LogP contribution in [0.15, 0.2) is 0 Å². The van der Waals surface area contributed by atoms with Crippen molar-refractivity contribution in [1.82, 2.24) is 25.9 Å². The molecule has 5 heteroatoms. The number of nitrogens with one attached hydrogen (secondary N) is 2. The third kappa shape index (κ3) is 2.75. The van der Waals surface area contributed by atoms with E-state index < -0.39 is 0 Å². The highest BCUT2D eigenvalue weighted by atomic mass is 15.5. The Morgan fingerprint density at radius 1 is 1.40 bits per heavy atom. The molecule has 1 saturated carbocycles. The van der Waals surface area contributed by atoms with Crippen LogP contribution in [0.5, 0.6) is 0 Å². The highest BCUT2D eigenvalue weighted by Gasteiger charge is 2.23. The van der Waals surface area contributed by atoms with Gasteiger partial charge in [-0.15, -0.1) is 10.2 Å². The molecule has 2 atom stereocenters. The normalized spacial score (nSPS) is 26.7. The SMILES string of the molecule is CCC1CCCCC1NCc1nn[nH]n1. The minimum absolute atomic E-state index is 0.641. The Morgan fingerprint density at radius 3 is 3.00 bits per heavy atom. The molecule has 2 N–H and O–H groups in total. The van der Waals surface area contributed by atoms with Crippen molar-refractivity contribution in [3.8, 4) is 0 Å². The van der Waals surface area contributed by atoms with E-state index in [1.165, 1.54) is 32.1 Å². The predicted molar refractivity (Wildman–Crippen MR) is 57.1 cm³/mol. The average molecular weight is 209 g/mol. The molecule has 84 valence electrons. The zero-order chi connectivity index (χ0) is 10.5. The maximum Gasteiger partial charge on any atom is 0.188 e. The molecule has 0 saturated heterocycles. The lowest BCUT2D eigenvalue weighted by atomic mass is 9.83. The maximum absolute atomic E-state index is 3.94. The molecule has 0 spiro atoms. The maximum atomic E-state index is 3.94. The van der Waals surface area contributed by atoms with Crippen LogP contribution in [0.1, 0.15) is 44.9 Å². The molecule has 2 unspecified atom stereocenters. The summed E-state index contributed by atoms with van der Waals surface area (Å²) in [4.78, 5) is 0. The lowest BCUT2D eigenvalue weighted by molar-refractivity contribution is 0.253. The summed E-state index contributed by atoms with van der Waals surface area (Å²) >= 11 is 0. The van der Waals surface area contributed by atoms with Crippen molar-refractivity contribution >= 4 is 0 Å². The van der Waals surface area contributed by atoms with Gasteiger partial charge in [0.05, 0.1) is 6.54 Å². The first kappa shape index (κ1) is 10.5. The summed E-state index contributed by atoms with van der Waals surface area (Å²) in [6.45, 7) is 3.01. The Balaban J connectivity index is 1.81. The molecule has 0 aromatic carbocycles. The molecule has 1 aliphatic rings. The van der Waals surface area contributed by atoms with E-state index in [-0.39, 0.29) is 0 Å². The highest BCUT2D eigenvalue weighted by Crippen LogP contribution is 2.26. The van der Waals surface area contributed by atoms with Crippen molar-refractivity contribution in [2.24, 2.45) is 5.92 Å². The highest BCUT2D eigenvalue weighted by molar-refractivity contribution is 4.83. The second kappa shape index (κ2) is 5.21. The van der Waals surface area contributed by atoms with Crippen LogP contribution in [0.25, 0.3) is 0 Å². The van der Waals surface area contributed by atoms with Gasteiger partial charge < -0.3 is 5.32 Å². The number of nitrogens with zero attached hydrogens (tertiary/aromatic N) is 3. The van der Waals surface area contributed by atoms with E-state index in [0.717, 1.165) is 18.3 Å². The van der Waals surface area contributed by atoms with Crippen LogP contribution >= 0.6 is 0 Å². The second-order valence-corrected chi connectivity index (χ2v) is 4.27. The Kier molecular flexibility index (Phi) is 3.66. The fourth-order valence-electron chi connectivity index (χ4n) is 2.44. The standard InChI is InChI=1S/C10H19N5/c1-2-8-5-3-4-6-9(8)11-7-10-12-14-15-13-10/h8-9,11H,2-7H2,1H3,(H,12,13,14,15). The molecule has 0 amide bonds. The van der Waals surface area contributed by atoms with Crippen LogP contribution < -0.4 is 5.32 Å². The Labute approximate surface area is 90.0 Å². The largest absolute Gasteiger partial charge is 0.307 e. The lowest BCUT2D eigenvalue weighted by Gasteiger charge is -2.31. The van der Waals surface area contributed by atoms with Crippen LogP contribution in [0, 0.1) is 5.92 Å². The smallest absolute Gasteiger partial charge is 0.188 e. The summed E-state index contributed by atoms with van der Waals surface area (Å²) in [7, 11) is 0. The van der Waals surface area contributed by atoms with E-state index in [9.17, 15) is 0 Å². The molecular formula is C10H19N5. The number of aromatic amines is 1.